The summed E-state index contributed by atoms with van der Waals surface area (Å²) in [4.78, 5) is 29.8. The minimum atomic E-state index is -0.0448. The first-order valence-electron chi connectivity index (χ1n) is 10.0. The highest BCUT2D eigenvalue weighted by molar-refractivity contribution is 7.99. The van der Waals surface area contributed by atoms with E-state index in [1.807, 2.05) is 50.2 Å². The predicted octanol–water partition coefficient (Wildman–Crippen LogP) is 4.04. The summed E-state index contributed by atoms with van der Waals surface area (Å²) in [7, 11) is 0. The van der Waals surface area contributed by atoms with E-state index in [0.29, 0.717) is 22.6 Å². The summed E-state index contributed by atoms with van der Waals surface area (Å²) >= 11 is 1.32. The molecule has 1 N–H and O–H groups in total. The Hall–Kier alpha value is -2.60. The molecule has 0 aliphatic carbocycles. The normalized spacial score (nSPS) is 12.1. The molecule has 6 heteroatoms. The Morgan fingerprint density at radius 3 is 2.62 bits per heavy atom. The molecular weight excluding hydrogens is 382 g/mol. The van der Waals surface area contributed by atoms with Gasteiger partial charge in [0.2, 0.25) is 5.91 Å². The Bertz CT molecular complexity index is 1020. The van der Waals surface area contributed by atoms with E-state index in [-0.39, 0.29) is 23.3 Å². The molecule has 152 valence electrons. The number of para-hydroxylation sites is 1. The summed E-state index contributed by atoms with van der Waals surface area (Å²) in [6.07, 6.45) is 2.64. The number of aromatic nitrogens is 2. The van der Waals surface area contributed by atoms with Crippen LogP contribution in [-0.2, 0) is 17.8 Å². The lowest BCUT2D eigenvalue weighted by Gasteiger charge is -2.15. The summed E-state index contributed by atoms with van der Waals surface area (Å²) in [5, 5.41) is 4.26. The van der Waals surface area contributed by atoms with Crippen molar-refractivity contribution in [1.29, 1.82) is 0 Å². The summed E-state index contributed by atoms with van der Waals surface area (Å²) in [6.45, 7) is 4.64. The fraction of sp³-hybridized carbons (Fsp3) is 0.348. The molecule has 0 saturated carbocycles. The van der Waals surface area contributed by atoms with Gasteiger partial charge in [0.25, 0.3) is 5.56 Å². The molecular formula is C23H27N3O2S. The number of amides is 1. The zero-order valence-corrected chi connectivity index (χ0v) is 17.7. The van der Waals surface area contributed by atoms with Crippen molar-refractivity contribution in [2.45, 2.75) is 50.9 Å². The minimum absolute atomic E-state index is 0.0407. The highest BCUT2D eigenvalue weighted by Gasteiger charge is 2.14. The topological polar surface area (TPSA) is 64.0 Å². The number of benzene rings is 2. The van der Waals surface area contributed by atoms with Crippen LogP contribution < -0.4 is 10.9 Å². The van der Waals surface area contributed by atoms with Gasteiger partial charge in [-0.15, -0.1) is 0 Å². The monoisotopic (exact) mass is 409 g/mol. The number of thioether (sulfide) groups is 1. The number of carbonyl (C=O) groups excluding carboxylic acids is 1. The van der Waals surface area contributed by atoms with Crippen molar-refractivity contribution in [2.75, 3.05) is 5.75 Å². The molecule has 0 spiro atoms. The lowest BCUT2D eigenvalue weighted by molar-refractivity contribution is -0.119. The van der Waals surface area contributed by atoms with Gasteiger partial charge in [-0.25, -0.2) is 4.98 Å². The van der Waals surface area contributed by atoms with E-state index in [4.69, 9.17) is 0 Å². The molecule has 3 rings (SSSR count). The van der Waals surface area contributed by atoms with Crippen molar-refractivity contribution in [3.63, 3.8) is 0 Å². The van der Waals surface area contributed by atoms with Crippen LogP contribution in [-0.4, -0.2) is 27.3 Å². The average molecular weight is 410 g/mol. The fourth-order valence-corrected chi connectivity index (χ4v) is 4.06. The van der Waals surface area contributed by atoms with Crippen LogP contribution in [0.4, 0.5) is 0 Å². The molecule has 0 unspecified atom stereocenters. The summed E-state index contributed by atoms with van der Waals surface area (Å²) in [5.74, 6) is 0.200. The third kappa shape index (κ3) is 5.70. The smallest absolute Gasteiger partial charge is 0.262 e. The molecule has 0 aliphatic heterocycles. The molecule has 0 saturated heterocycles. The maximum absolute atomic E-state index is 12.8. The molecule has 0 radical (unpaired) electrons. The molecule has 2 aromatic carbocycles. The number of hydrogen-bond acceptors (Lipinski definition) is 4. The van der Waals surface area contributed by atoms with Gasteiger partial charge in [-0.3, -0.25) is 14.2 Å². The molecule has 3 aromatic rings. The van der Waals surface area contributed by atoms with E-state index in [9.17, 15) is 9.59 Å². The van der Waals surface area contributed by atoms with Crippen molar-refractivity contribution in [2.24, 2.45) is 0 Å². The van der Waals surface area contributed by atoms with Gasteiger partial charge in [-0.1, -0.05) is 61.2 Å². The number of fused-ring (bicyclic) bond motifs is 1. The van der Waals surface area contributed by atoms with Crippen LogP contribution >= 0.6 is 11.8 Å². The summed E-state index contributed by atoms with van der Waals surface area (Å²) < 4.78 is 1.68. The van der Waals surface area contributed by atoms with Gasteiger partial charge in [0.1, 0.15) is 0 Å². The SMILES string of the molecule is CCCn1c(SCC(=O)N[C@H](C)CCc2ccccc2)nc2ccccc2c1=O. The van der Waals surface area contributed by atoms with E-state index in [2.05, 4.69) is 22.4 Å². The number of hydrogen-bond donors (Lipinski definition) is 1. The van der Waals surface area contributed by atoms with Crippen LogP contribution in [0.3, 0.4) is 0 Å². The van der Waals surface area contributed by atoms with Gasteiger partial charge in [0.05, 0.1) is 16.7 Å². The number of rotatable bonds is 9. The van der Waals surface area contributed by atoms with Crippen LogP contribution in [0.2, 0.25) is 0 Å². The second kappa shape index (κ2) is 10.3. The van der Waals surface area contributed by atoms with E-state index >= 15 is 0 Å². The van der Waals surface area contributed by atoms with Crippen LogP contribution in [0, 0.1) is 0 Å². The van der Waals surface area contributed by atoms with Gasteiger partial charge in [0, 0.05) is 12.6 Å². The maximum Gasteiger partial charge on any atom is 0.262 e. The highest BCUT2D eigenvalue weighted by atomic mass is 32.2. The Kier molecular flexibility index (Phi) is 7.47. The van der Waals surface area contributed by atoms with Crippen molar-refractivity contribution in [1.82, 2.24) is 14.9 Å². The van der Waals surface area contributed by atoms with Crippen LogP contribution in [0.5, 0.6) is 0 Å². The lowest BCUT2D eigenvalue weighted by Crippen LogP contribution is -2.34. The molecule has 0 aliphatic rings. The van der Waals surface area contributed by atoms with Crippen molar-refractivity contribution in [3.05, 3.63) is 70.5 Å². The Labute approximate surface area is 175 Å². The van der Waals surface area contributed by atoms with E-state index in [0.717, 1.165) is 19.3 Å². The van der Waals surface area contributed by atoms with Crippen LogP contribution in [0.1, 0.15) is 32.3 Å². The van der Waals surface area contributed by atoms with Crippen molar-refractivity contribution < 1.29 is 4.79 Å². The third-order valence-electron chi connectivity index (χ3n) is 4.72. The third-order valence-corrected chi connectivity index (χ3v) is 5.70. The van der Waals surface area contributed by atoms with Gasteiger partial charge in [-0.2, -0.15) is 0 Å². The van der Waals surface area contributed by atoms with E-state index < -0.39 is 0 Å². The summed E-state index contributed by atoms with van der Waals surface area (Å²) in [5.41, 5.74) is 1.90. The van der Waals surface area contributed by atoms with E-state index in [1.165, 1.54) is 17.3 Å². The highest BCUT2D eigenvalue weighted by Crippen LogP contribution is 2.18. The van der Waals surface area contributed by atoms with E-state index in [1.54, 1.807) is 10.6 Å². The lowest BCUT2D eigenvalue weighted by atomic mass is 10.1. The molecule has 1 amide bonds. The standard InChI is InChI=1S/C23H27N3O2S/c1-3-15-26-22(28)19-11-7-8-12-20(19)25-23(26)29-16-21(27)24-17(2)13-14-18-9-5-4-6-10-18/h4-12,17H,3,13-16H2,1-2H3,(H,24,27)/t17-/m1/s1. The second-order valence-corrected chi connectivity index (χ2v) is 8.09. The Morgan fingerprint density at radius 2 is 1.86 bits per heavy atom. The van der Waals surface area contributed by atoms with Gasteiger partial charge in [0.15, 0.2) is 5.16 Å². The Morgan fingerprint density at radius 1 is 1.14 bits per heavy atom. The first-order valence-corrected chi connectivity index (χ1v) is 11.0. The predicted molar refractivity (Wildman–Crippen MR) is 119 cm³/mol. The van der Waals surface area contributed by atoms with Crippen molar-refractivity contribution in [3.8, 4) is 0 Å². The van der Waals surface area contributed by atoms with Gasteiger partial charge >= 0.3 is 0 Å². The largest absolute Gasteiger partial charge is 0.353 e. The number of nitrogens with zero attached hydrogens (tertiary/aromatic N) is 2. The second-order valence-electron chi connectivity index (χ2n) is 7.15. The Balaban J connectivity index is 1.61. The van der Waals surface area contributed by atoms with Crippen LogP contribution in [0.15, 0.2) is 64.5 Å². The number of aryl methyl sites for hydroxylation is 1. The van der Waals surface area contributed by atoms with Gasteiger partial charge in [-0.05, 0) is 43.9 Å². The molecule has 1 heterocycles. The van der Waals surface area contributed by atoms with Crippen molar-refractivity contribution >= 4 is 28.6 Å². The molecule has 29 heavy (non-hydrogen) atoms. The fourth-order valence-electron chi connectivity index (χ4n) is 3.23. The van der Waals surface area contributed by atoms with Crippen LogP contribution in [0.25, 0.3) is 10.9 Å². The van der Waals surface area contributed by atoms with Gasteiger partial charge < -0.3 is 5.32 Å². The molecule has 0 fully saturated rings. The first-order chi connectivity index (χ1) is 14.1. The molecule has 1 atom stereocenters. The average Bonchev–Trinajstić information content (AvgIpc) is 2.74. The molecule has 0 bridgehead atoms. The first kappa shape index (κ1) is 21.1. The zero-order chi connectivity index (χ0) is 20.6. The molecule has 1 aromatic heterocycles. The number of nitrogens with one attached hydrogen (secondary N) is 1. The zero-order valence-electron chi connectivity index (χ0n) is 16.9. The maximum atomic E-state index is 12.8. The molecule has 5 nitrogen and oxygen atoms in total. The quantitative estimate of drug-likeness (QED) is 0.428. The summed E-state index contributed by atoms with van der Waals surface area (Å²) in [6, 6.07) is 17.7. The minimum Gasteiger partial charge on any atom is -0.353 e. The number of carbonyl (C=O) groups is 1.